The topological polar surface area (TPSA) is 15.3 Å². The lowest BCUT2D eigenvalue weighted by molar-refractivity contribution is 0.227. The Morgan fingerprint density at radius 3 is 2.38 bits per heavy atom. The molecule has 1 atom stereocenters. The van der Waals surface area contributed by atoms with Crippen molar-refractivity contribution in [3.8, 4) is 0 Å². The minimum Gasteiger partial charge on any atom is -0.315 e. The van der Waals surface area contributed by atoms with Crippen molar-refractivity contribution in [3.63, 3.8) is 0 Å². The van der Waals surface area contributed by atoms with E-state index in [1.165, 1.54) is 25.8 Å². The number of rotatable bonds is 8. The van der Waals surface area contributed by atoms with Crippen molar-refractivity contribution >= 4 is 0 Å². The van der Waals surface area contributed by atoms with Gasteiger partial charge in [-0.3, -0.25) is 0 Å². The van der Waals surface area contributed by atoms with Crippen LogP contribution in [0.2, 0.25) is 0 Å². The Labute approximate surface area is 83.7 Å². The smallest absolute Gasteiger partial charge is 0.0214 e. The van der Waals surface area contributed by atoms with Crippen LogP contribution in [0, 0.1) is 0 Å². The third-order valence-corrected chi connectivity index (χ3v) is 2.59. The number of hydrogen-bond acceptors (Lipinski definition) is 2. The molecule has 13 heavy (non-hydrogen) atoms. The van der Waals surface area contributed by atoms with Crippen molar-refractivity contribution in [2.24, 2.45) is 0 Å². The average molecular weight is 186 g/mol. The number of nitrogens with zero attached hydrogens (tertiary/aromatic N) is 1. The van der Waals surface area contributed by atoms with Gasteiger partial charge in [-0.25, -0.2) is 0 Å². The van der Waals surface area contributed by atoms with Crippen LogP contribution in [-0.4, -0.2) is 37.6 Å². The normalized spacial score (nSPS) is 13.6. The van der Waals surface area contributed by atoms with Gasteiger partial charge < -0.3 is 10.2 Å². The quantitative estimate of drug-likeness (QED) is 0.624. The molecule has 0 saturated heterocycles. The molecule has 0 aliphatic heterocycles. The first-order chi connectivity index (χ1) is 6.26. The molecule has 0 aliphatic carbocycles. The molecule has 0 saturated carbocycles. The molecule has 0 amide bonds. The third kappa shape index (κ3) is 6.05. The highest BCUT2D eigenvalue weighted by Crippen LogP contribution is 2.02. The lowest BCUT2D eigenvalue weighted by Gasteiger charge is -2.27. The monoisotopic (exact) mass is 186 g/mol. The summed E-state index contributed by atoms with van der Waals surface area (Å²) in [7, 11) is 2.24. The second-order valence-electron chi connectivity index (χ2n) is 3.70. The zero-order valence-electron chi connectivity index (χ0n) is 9.77. The molecule has 0 aromatic rings. The Kier molecular flexibility index (Phi) is 8.46. The number of unbranched alkanes of at least 4 members (excludes halogenated alkanes) is 1. The molecule has 0 radical (unpaired) electrons. The molecule has 0 fully saturated rings. The highest BCUT2D eigenvalue weighted by molar-refractivity contribution is 4.69. The Morgan fingerprint density at radius 2 is 1.92 bits per heavy atom. The van der Waals surface area contributed by atoms with Crippen molar-refractivity contribution in [1.29, 1.82) is 0 Å². The van der Waals surface area contributed by atoms with Crippen LogP contribution < -0.4 is 5.32 Å². The zero-order chi connectivity index (χ0) is 10.1. The van der Waals surface area contributed by atoms with Crippen molar-refractivity contribution in [2.75, 3.05) is 26.7 Å². The molecule has 0 heterocycles. The van der Waals surface area contributed by atoms with Crippen molar-refractivity contribution in [2.45, 2.75) is 46.1 Å². The lowest BCUT2D eigenvalue weighted by atomic mass is 10.2. The molecular weight excluding hydrogens is 160 g/mol. The fourth-order valence-electron chi connectivity index (χ4n) is 1.51. The van der Waals surface area contributed by atoms with Crippen molar-refractivity contribution in [1.82, 2.24) is 10.2 Å². The van der Waals surface area contributed by atoms with E-state index in [0.29, 0.717) is 6.04 Å². The molecule has 0 aromatic heterocycles. The van der Waals surface area contributed by atoms with E-state index in [4.69, 9.17) is 0 Å². The summed E-state index contributed by atoms with van der Waals surface area (Å²) in [6, 6.07) is 0.714. The van der Waals surface area contributed by atoms with Gasteiger partial charge in [0.15, 0.2) is 0 Å². The van der Waals surface area contributed by atoms with Crippen molar-refractivity contribution < 1.29 is 0 Å². The van der Waals surface area contributed by atoms with Crippen LogP contribution >= 0.6 is 0 Å². The first kappa shape index (κ1) is 12.9. The highest BCUT2D eigenvalue weighted by atomic mass is 15.1. The Hall–Kier alpha value is -0.0800. The average Bonchev–Trinajstić information content (AvgIpc) is 2.16. The van der Waals surface area contributed by atoms with E-state index in [1.54, 1.807) is 0 Å². The predicted molar refractivity (Wildman–Crippen MR) is 60.2 cm³/mol. The summed E-state index contributed by atoms with van der Waals surface area (Å²) in [5.74, 6) is 0. The molecule has 1 N–H and O–H groups in total. The van der Waals surface area contributed by atoms with Gasteiger partial charge in [0.1, 0.15) is 0 Å². The minimum atomic E-state index is 0.714. The fourth-order valence-corrected chi connectivity index (χ4v) is 1.51. The maximum Gasteiger partial charge on any atom is 0.0214 e. The van der Waals surface area contributed by atoms with Gasteiger partial charge in [-0.05, 0) is 33.0 Å². The van der Waals surface area contributed by atoms with Crippen molar-refractivity contribution in [3.05, 3.63) is 0 Å². The second kappa shape index (κ2) is 8.52. The summed E-state index contributed by atoms with van der Waals surface area (Å²) < 4.78 is 0. The van der Waals surface area contributed by atoms with Gasteiger partial charge in [-0.15, -0.1) is 0 Å². The van der Waals surface area contributed by atoms with Gasteiger partial charge in [0, 0.05) is 12.6 Å². The van der Waals surface area contributed by atoms with E-state index in [9.17, 15) is 0 Å². The lowest BCUT2D eigenvalue weighted by Crippen LogP contribution is -2.40. The van der Waals surface area contributed by atoms with Gasteiger partial charge in [-0.1, -0.05) is 27.2 Å². The van der Waals surface area contributed by atoms with Gasteiger partial charge in [0.25, 0.3) is 0 Å². The molecule has 1 unspecified atom stereocenters. The molecule has 0 aromatic carbocycles. The second-order valence-corrected chi connectivity index (χ2v) is 3.70. The van der Waals surface area contributed by atoms with Crippen LogP contribution in [-0.2, 0) is 0 Å². The summed E-state index contributed by atoms with van der Waals surface area (Å²) in [5, 5.41) is 3.41. The van der Waals surface area contributed by atoms with Crippen LogP contribution in [0.4, 0.5) is 0 Å². The molecule has 2 nitrogen and oxygen atoms in total. The Balaban J connectivity index is 3.63. The van der Waals surface area contributed by atoms with E-state index in [1.807, 2.05) is 0 Å². The van der Waals surface area contributed by atoms with Gasteiger partial charge in [-0.2, -0.15) is 0 Å². The zero-order valence-corrected chi connectivity index (χ0v) is 9.77. The van der Waals surface area contributed by atoms with Crippen LogP contribution in [0.1, 0.15) is 40.0 Å². The summed E-state index contributed by atoms with van der Waals surface area (Å²) in [6.45, 7) is 10.1. The minimum absolute atomic E-state index is 0.714. The third-order valence-electron chi connectivity index (χ3n) is 2.59. The van der Waals surface area contributed by atoms with Crippen LogP contribution in [0.5, 0.6) is 0 Å². The van der Waals surface area contributed by atoms with Crippen LogP contribution in [0.3, 0.4) is 0 Å². The first-order valence-electron chi connectivity index (χ1n) is 5.67. The predicted octanol–water partition coefficient (Wildman–Crippen LogP) is 2.11. The first-order valence-corrected chi connectivity index (χ1v) is 5.67. The molecule has 0 rings (SSSR count). The number of hydrogen-bond donors (Lipinski definition) is 1. The molecule has 80 valence electrons. The summed E-state index contributed by atoms with van der Waals surface area (Å²) in [4.78, 5) is 2.48. The van der Waals surface area contributed by atoms with Gasteiger partial charge >= 0.3 is 0 Å². The maximum absolute atomic E-state index is 3.41. The Morgan fingerprint density at radius 1 is 1.23 bits per heavy atom. The van der Waals surface area contributed by atoms with Gasteiger partial charge in [0.2, 0.25) is 0 Å². The van der Waals surface area contributed by atoms with E-state index in [0.717, 1.165) is 13.1 Å². The van der Waals surface area contributed by atoms with E-state index in [2.05, 4.69) is 38.0 Å². The highest BCUT2D eigenvalue weighted by Gasteiger charge is 2.10. The number of nitrogens with one attached hydrogen (secondary N) is 1. The number of likely N-dealkylation sites (N-methyl/N-ethyl adjacent to an activating group) is 2. The van der Waals surface area contributed by atoms with Crippen LogP contribution in [0.25, 0.3) is 0 Å². The van der Waals surface area contributed by atoms with E-state index >= 15 is 0 Å². The molecule has 0 bridgehead atoms. The van der Waals surface area contributed by atoms with E-state index < -0.39 is 0 Å². The summed E-state index contributed by atoms with van der Waals surface area (Å²) in [6.07, 6.45) is 3.86. The standard InChI is InChI=1S/C11H26N2/c1-5-8-9-13(4)11(6-2)10-12-7-3/h11-12H,5-10H2,1-4H3. The maximum atomic E-state index is 3.41. The summed E-state index contributed by atoms with van der Waals surface area (Å²) >= 11 is 0. The molecule has 0 aliphatic rings. The fraction of sp³-hybridized carbons (Fsp3) is 1.00. The summed E-state index contributed by atoms with van der Waals surface area (Å²) in [5.41, 5.74) is 0. The largest absolute Gasteiger partial charge is 0.315 e. The SMILES string of the molecule is CCCCN(C)C(CC)CNCC. The Bertz CT molecular complexity index is 104. The van der Waals surface area contributed by atoms with E-state index in [-0.39, 0.29) is 0 Å². The molecular formula is C11H26N2. The molecule has 0 spiro atoms. The molecule has 2 heteroatoms. The van der Waals surface area contributed by atoms with Crippen LogP contribution in [0.15, 0.2) is 0 Å². The van der Waals surface area contributed by atoms with Gasteiger partial charge in [0.05, 0.1) is 0 Å².